The molecular weight excluding hydrogens is 384 g/mol. The number of nitriles is 1. The Morgan fingerprint density at radius 1 is 1.21 bits per heavy atom. The average Bonchev–Trinajstić information content (AvgIpc) is 2.75. The topological polar surface area (TPSA) is 62.1 Å². The lowest BCUT2D eigenvalue weighted by Crippen LogP contribution is -2.42. The standard InChI is InChI=1S/C24H27ClN2O2/c1-3-17(2)29-21-11-12-22(18(15-21)16-26)27-23(28)24(13-5-4-6-14-24)19-7-9-20(25)10-8-19/h7-12,15,17H,3-6,13-14H2,1-2H3,(H,27,28)/t17-/m1/s1. The highest BCUT2D eigenvalue weighted by atomic mass is 35.5. The van der Waals surface area contributed by atoms with E-state index in [2.05, 4.69) is 11.4 Å². The van der Waals surface area contributed by atoms with Crippen molar-refractivity contribution >= 4 is 23.2 Å². The van der Waals surface area contributed by atoms with Gasteiger partial charge in [0, 0.05) is 11.1 Å². The molecule has 5 heteroatoms. The molecule has 0 bridgehead atoms. The van der Waals surface area contributed by atoms with Crippen LogP contribution in [0.4, 0.5) is 5.69 Å². The number of rotatable bonds is 6. The van der Waals surface area contributed by atoms with Gasteiger partial charge in [0.1, 0.15) is 11.8 Å². The van der Waals surface area contributed by atoms with Crippen LogP contribution in [-0.4, -0.2) is 12.0 Å². The van der Waals surface area contributed by atoms with Crippen molar-refractivity contribution in [2.75, 3.05) is 5.32 Å². The minimum Gasteiger partial charge on any atom is -0.491 e. The van der Waals surface area contributed by atoms with Gasteiger partial charge in [-0.05, 0) is 56.0 Å². The highest BCUT2D eigenvalue weighted by molar-refractivity contribution is 6.30. The zero-order chi connectivity index (χ0) is 20.9. The van der Waals surface area contributed by atoms with Gasteiger partial charge in [-0.2, -0.15) is 5.26 Å². The molecule has 29 heavy (non-hydrogen) atoms. The molecule has 0 aromatic heterocycles. The predicted molar refractivity (Wildman–Crippen MR) is 116 cm³/mol. The van der Waals surface area contributed by atoms with Crippen molar-refractivity contribution in [3.63, 3.8) is 0 Å². The third-order valence-corrected chi connectivity index (χ3v) is 6.06. The Labute approximate surface area is 177 Å². The van der Waals surface area contributed by atoms with Crippen LogP contribution in [0.15, 0.2) is 42.5 Å². The fraction of sp³-hybridized carbons (Fsp3) is 0.417. The Bertz CT molecular complexity index is 896. The van der Waals surface area contributed by atoms with E-state index in [0.29, 0.717) is 22.0 Å². The van der Waals surface area contributed by atoms with Crippen LogP contribution < -0.4 is 10.1 Å². The SMILES string of the molecule is CC[C@@H](C)Oc1ccc(NC(=O)C2(c3ccc(Cl)cc3)CCCCC2)c(C#N)c1. The number of amides is 1. The summed E-state index contributed by atoms with van der Waals surface area (Å²) in [4.78, 5) is 13.5. The maximum atomic E-state index is 13.5. The smallest absolute Gasteiger partial charge is 0.235 e. The molecule has 0 heterocycles. The van der Waals surface area contributed by atoms with Crippen molar-refractivity contribution in [1.82, 2.24) is 0 Å². The van der Waals surface area contributed by atoms with E-state index in [-0.39, 0.29) is 12.0 Å². The second-order valence-corrected chi connectivity index (χ2v) is 8.20. The monoisotopic (exact) mass is 410 g/mol. The summed E-state index contributed by atoms with van der Waals surface area (Å²) >= 11 is 6.06. The number of nitrogens with zero attached hydrogens (tertiary/aromatic N) is 1. The van der Waals surface area contributed by atoms with Gasteiger partial charge in [0.25, 0.3) is 0 Å². The van der Waals surface area contributed by atoms with Crippen LogP contribution in [0.25, 0.3) is 0 Å². The first-order valence-corrected chi connectivity index (χ1v) is 10.6. The Morgan fingerprint density at radius 3 is 2.52 bits per heavy atom. The van der Waals surface area contributed by atoms with Gasteiger partial charge in [-0.3, -0.25) is 4.79 Å². The Balaban J connectivity index is 1.88. The summed E-state index contributed by atoms with van der Waals surface area (Å²) in [5, 5.41) is 13.3. The van der Waals surface area contributed by atoms with E-state index >= 15 is 0 Å². The summed E-state index contributed by atoms with van der Waals surface area (Å²) in [6, 6.07) is 15.0. The molecule has 2 aromatic carbocycles. The second-order valence-electron chi connectivity index (χ2n) is 7.76. The molecule has 4 nitrogen and oxygen atoms in total. The van der Waals surface area contributed by atoms with Crippen LogP contribution in [0, 0.1) is 11.3 Å². The first kappa shape index (κ1) is 21.2. The molecule has 1 atom stereocenters. The highest BCUT2D eigenvalue weighted by Gasteiger charge is 2.41. The summed E-state index contributed by atoms with van der Waals surface area (Å²) in [5.41, 5.74) is 1.31. The third kappa shape index (κ3) is 4.74. The molecule has 1 aliphatic carbocycles. The number of anilines is 1. The van der Waals surface area contributed by atoms with Gasteiger partial charge >= 0.3 is 0 Å². The minimum absolute atomic E-state index is 0.0633. The molecule has 0 spiro atoms. The number of halogens is 1. The van der Waals surface area contributed by atoms with E-state index in [4.69, 9.17) is 16.3 Å². The predicted octanol–water partition coefficient (Wildman–Crippen LogP) is 6.23. The lowest BCUT2D eigenvalue weighted by atomic mass is 9.68. The van der Waals surface area contributed by atoms with Crippen molar-refractivity contribution in [1.29, 1.82) is 5.26 Å². The fourth-order valence-electron chi connectivity index (χ4n) is 3.93. The van der Waals surface area contributed by atoms with E-state index in [1.807, 2.05) is 38.1 Å². The van der Waals surface area contributed by atoms with Crippen LogP contribution in [0.5, 0.6) is 5.75 Å². The molecule has 0 radical (unpaired) electrons. The van der Waals surface area contributed by atoms with Gasteiger partial charge in [0.05, 0.1) is 22.8 Å². The van der Waals surface area contributed by atoms with Crippen molar-refractivity contribution in [2.24, 2.45) is 0 Å². The Kier molecular flexibility index (Phi) is 6.82. The fourth-order valence-corrected chi connectivity index (χ4v) is 4.05. The molecule has 3 rings (SSSR count). The molecular formula is C24H27ClN2O2. The largest absolute Gasteiger partial charge is 0.491 e. The molecule has 0 saturated heterocycles. The van der Waals surface area contributed by atoms with Crippen LogP contribution in [0.2, 0.25) is 5.02 Å². The number of carbonyl (C=O) groups is 1. The van der Waals surface area contributed by atoms with E-state index in [1.165, 1.54) is 0 Å². The zero-order valence-electron chi connectivity index (χ0n) is 17.0. The number of carbonyl (C=O) groups excluding carboxylic acids is 1. The third-order valence-electron chi connectivity index (χ3n) is 5.81. The number of hydrogen-bond acceptors (Lipinski definition) is 3. The molecule has 0 unspecified atom stereocenters. The van der Waals surface area contributed by atoms with Crippen LogP contribution >= 0.6 is 11.6 Å². The molecule has 1 amide bonds. The summed E-state index contributed by atoms with van der Waals surface area (Å²) in [5.74, 6) is 0.575. The van der Waals surface area contributed by atoms with Crippen molar-refractivity contribution in [2.45, 2.75) is 63.9 Å². The molecule has 152 valence electrons. The summed E-state index contributed by atoms with van der Waals surface area (Å²) in [7, 11) is 0. The lowest BCUT2D eigenvalue weighted by molar-refractivity contribution is -0.122. The van der Waals surface area contributed by atoms with Crippen LogP contribution in [0.3, 0.4) is 0 Å². The zero-order valence-corrected chi connectivity index (χ0v) is 17.8. The van der Waals surface area contributed by atoms with Gasteiger partial charge in [-0.15, -0.1) is 0 Å². The van der Waals surface area contributed by atoms with Gasteiger partial charge in [0.15, 0.2) is 0 Å². The van der Waals surface area contributed by atoms with Crippen molar-refractivity contribution in [3.05, 3.63) is 58.6 Å². The van der Waals surface area contributed by atoms with E-state index in [0.717, 1.165) is 44.1 Å². The van der Waals surface area contributed by atoms with Gasteiger partial charge in [-0.25, -0.2) is 0 Å². The highest BCUT2D eigenvalue weighted by Crippen LogP contribution is 2.41. The van der Waals surface area contributed by atoms with E-state index < -0.39 is 5.41 Å². The van der Waals surface area contributed by atoms with Crippen LogP contribution in [0.1, 0.15) is 63.5 Å². The summed E-state index contributed by atoms with van der Waals surface area (Å²) in [6.45, 7) is 4.03. The second kappa shape index (κ2) is 9.33. The normalized spacial score (nSPS) is 16.5. The molecule has 2 aromatic rings. The minimum atomic E-state index is -0.596. The average molecular weight is 411 g/mol. The van der Waals surface area contributed by atoms with Crippen molar-refractivity contribution in [3.8, 4) is 11.8 Å². The van der Waals surface area contributed by atoms with Gasteiger partial charge in [0.2, 0.25) is 5.91 Å². The molecule has 1 aliphatic rings. The number of benzene rings is 2. The molecule has 1 fully saturated rings. The van der Waals surface area contributed by atoms with Gasteiger partial charge < -0.3 is 10.1 Å². The molecule has 1 saturated carbocycles. The first-order valence-electron chi connectivity index (χ1n) is 10.3. The molecule has 0 aliphatic heterocycles. The van der Waals surface area contributed by atoms with Gasteiger partial charge in [-0.1, -0.05) is 49.9 Å². The Hall–Kier alpha value is -2.51. The number of ether oxygens (including phenoxy) is 1. The van der Waals surface area contributed by atoms with E-state index in [9.17, 15) is 10.1 Å². The first-order chi connectivity index (χ1) is 14.0. The van der Waals surface area contributed by atoms with E-state index in [1.54, 1.807) is 18.2 Å². The number of hydrogen-bond donors (Lipinski definition) is 1. The summed E-state index contributed by atoms with van der Waals surface area (Å²) < 4.78 is 5.81. The quantitative estimate of drug-likeness (QED) is 0.613. The maximum Gasteiger partial charge on any atom is 0.235 e. The number of nitrogens with one attached hydrogen (secondary N) is 1. The van der Waals surface area contributed by atoms with Crippen molar-refractivity contribution < 1.29 is 9.53 Å². The lowest BCUT2D eigenvalue weighted by Gasteiger charge is -2.36. The van der Waals surface area contributed by atoms with Crippen LogP contribution in [-0.2, 0) is 10.2 Å². The Morgan fingerprint density at radius 2 is 1.90 bits per heavy atom. The maximum absolute atomic E-state index is 13.5. The molecule has 1 N–H and O–H groups in total. The summed E-state index contributed by atoms with van der Waals surface area (Å²) in [6.07, 6.45) is 5.66.